The van der Waals surface area contributed by atoms with Gasteiger partial charge < -0.3 is 5.32 Å². The normalized spacial score (nSPS) is 11.2. The number of aromatic nitrogens is 3. The minimum atomic E-state index is -3.68. The second kappa shape index (κ2) is 4.65. The van der Waals surface area contributed by atoms with Gasteiger partial charge >= 0.3 is 0 Å². The molecule has 0 atom stereocenters. The highest BCUT2D eigenvalue weighted by Crippen LogP contribution is 2.21. The van der Waals surface area contributed by atoms with E-state index < -0.39 is 10.0 Å². The van der Waals surface area contributed by atoms with Gasteiger partial charge in [0.15, 0.2) is 0 Å². The molecule has 2 rings (SSSR count). The molecule has 2 N–H and O–H groups in total. The lowest BCUT2D eigenvalue weighted by Gasteiger charge is -2.10. The first-order chi connectivity index (χ1) is 8.54. The van der Waals surface area contributed by atoms with Crippen LogP contribution >= 0.6 is 0 Å². The molecule has 8 heteroatoms. The summed E-state index contributed by atoms with van der Waals surface area (Å²) < 4.78 is 28.1. The molecule has 0 unspecified atom stereocenters. The number of hydrogen-bond donors (Lipinski definition) is 2. The molecule has 0 saturated carbocycles. The van der Waals surface area contributed by atoms with Crippen LogP contribution in [0.3, 0.4) is 0 Å². The van der Waals surface area contributed by atoms with Crippen LogP contribution in [0.15, 0.2) is 35.5 Å². The Morgan fingerprint density at radius 2 is 2.00 bits per heavy atom. The van der Waals surface area contributed by atoms with Gasteiger partial charge in [-0.2, -0.15) is 10.1 Å². The number of benzene rings is 1. The Bertz CT molecular complexity index is 650. The molecule has 7 nitrogen and oxygen atoms in total. The topological polar surface area (TPSA) is 88.9 Å². The SMILES string of the molecule is CNc1ccccc1S(=O)(=O)Nc1ncnn1C. The third-order valence-electron chi connectivity index (χ3n) is 2.38. The van der Waals surface area contributed by atoms with Crippen molar-refractivity contribution >= 4 is 21.7 Å². The molecule has 2 aromatic rings. The van der Waals surface area contributed by atoms with Crippen molar-refractivity contribution in [2.45, 2.75) is 4.90 Å². The molecule has 0 aliphatic carbocycles. The minimum absolute atomic E-state index is 0.163. The molecule has 0 aliphatic rings. The van der Waals surface area contributed by atoms with Gasteiger partial charge in [-0.05, 0) is 12.1 Å². The molecule has 1 heterocycles. The highest BCUT2D eigenvalue weighted by Gasteiger charge is 2.19. The summed E-state index contributed by atoms with van der Waals surface area (Å²) in [7, 11) is -0.415. The standard InChI is InChI=1S/C10H13N5O2S/c1-11-8-5-3-4-6-9(8)18(16,17)14-10-12-7-13-15(10)2/h3-7,11H,1-2H3,(H,12,13,14). The lowest BCUT2D eigenvalue weighted by Crippen LogP contribution is -2.17. The van der Waals surface area contributed by atoms with E-state index in [2.05, 4.69) is 20.1 Å². The number of para-hydroxylation sites is 1. The van der Waals surface area contributed by atoms with Gasteiger partial charge in [-0.1, -0.05) is 12.1 Å². The maximum Gasteiger partial charge on any atom is 0.266 e. The van der Waals surface area contributed by atoms with Crippen LogP contribution in [0, 0.1) is 0 Å². The zero-order valence-electron chi connectivity index (χ0n) is 9.95. The van der Waals surface area contributed by atoms with E-state index in [0.29, 0.717) is 5.69 Å². The van der Waals surface area contributed by atoms with Crippen LogP contribution in [-0.2, 0) is 17.1 Å². The van der Waals surface area contributed by atoms with Gasteiger partial charge in [-0.25, -0.2) is 17.8 Å². The predicted octanol–water partition coefficient (Wildman–Crippen LogP) is 0.658. The number of hydrogen-bond acceptors (Lipinski definition) is 5. The molecule has 0 spiro atoms. The Morgan fingerprint density at radius 3 is 2.61 bits per heavy atom. The van der Waals surface area contributed by atoms with Crippen molar-refractivity contribution in [3.05, 3.63) is 30.6 Å². The molecule has 96 valence electrons. The molecular formula is C10H13N5O2S. The van der Waals surface area contributed by atoms with E-state index in [4.69, 9.17) is 0 Å². The molecule has 18 heavy (non-hydrogen) atoms. The fourth-order valence-electron chi connectivity index (χ4n) is 1.47. The second-order valence-corrected chi connectivity index (χ2v) is 5.21. The third-order valence-corrected chi connectivity index (χ3v) is 3.77. The van der Waals surface area contributed by atoms with Crippen LogP contribution in [0.25, 0.3) is 0 Å². The van der Waals surface area contributed by atoms with Crippen molar-refractivity contribution in [1.82, 2.24) is 14.8 Å². The average Bonchev–Trinajstić information content (AvgIpc) is 2.74. The van der Waals surface area contributed by atoms with E-state index >= 15 is 0 Å². The van der Waals surface area contributed by atoms with Gasteiger partial charge in [0.2, 0.25) is 5.95 Å². The molecule has 1 aromatic carbocycles. The highest BCUT2D eigenvalue weighted by molar-refractivity contribution is 7.92. The fraction of sp³-hybridized carbons (Fsp3) is 0.200. The number of nitrogens with zero attached hydrogens (tertiary/aromatic N) is 3. The van der Waals surface area contributed by atoms with Crippen LogP contribution in [0.1, 0.15) is 0 Å². The zero-order valence-corrected chi connectivity index (χ0v) is 10.8. The first-order valence-electron chi connectivity index (χ1n) is 5.18. The monoisotopic (exact) mass is 267 g/mol. The fourth-order valence-corrected chi connectivity index (χ4v) is 2.72. The van der Waals surface area contributed by atoms with Crippen LogP contribution in [-0.4, -0.2) is 30.2 Å². The van der Waals surface area contributed by atoms with E-state index in [1.807, 2.05) is 0 Å². The van der Waals surface area contributed by atoms with E-state index in [9.17, 15) is 8.42 Å². The number of sulfonamides is 1. The summed E-state index contributed by atoms with van der Waals surface area (Å²) in [5, 5.41) is 6.63. The van der Waals surface area contributed by atoms with Gasteiger partial charge in [0.1, 0.15) is 11.2 Å². The third kappa shape index (κ3) is 2.28. The van der Waals surface area contributed by atoms with Gasteiger partial charge in [0.05, 0.1) is 5.69 Å². The number of aryl methyl sites for hydroxylation is 1. The first-order valence-corrected chi connectivity index (χ1v) is 6.66. The molecule has 1 aromatic heterocycles. The summed E-state index contributed by atoms with van der Waals surface area (Å²) in [6.45, 7) is 0. The van der Waals surface area contributed by atoms with E-state index in [0.717, 1.165) is 0 Å². The van der Waals surface area contributed by atoms with E-state index in [1.165, 1.54) is 17.1 Å². The van der Waals surface area contributed by atoms with E-state index in [1.54, 1.807) is 32.3 Å². The van der Waals surface area contributed by atoms with Crippen LogP contribution in [0.5, 0.6) is 0 Å². The lowest BCUT2D eigenvalue weighted by atomic mass is 10.3. The molecule has 0 bridgehead atoms. The largest absolute Gasteiger partial charge is 0.387 e. The average molecular weight is 267 g/mol. The molecule has 0 amide bonds. The molecule has 0 saturated heterocycles. The summed E-state index contributed by atoms with van der Waals surface area (Å²) >= 11 is 0. The zero-order chi connectivity index (χ0) is 13.2. The summed E-state index contributed by atoms with van der Waals surface area (Å²) in [4.78, 5) is 3.99. The van der Waals surface area contributed by atoms with Crippen LogP contribution in [0.2, 0.25) is 0 Å². The van der Waals surface area contributed by atoms with Crippen molar-refractivity contribution in [3.8, 4) is 0 Å². The van der Waals surface area contributed by atoms with Gasteiger partial charge in [-0.15, -0.1) is 0 Å². The summed E-state index contributed by atoms with van der Waals surface area (Å²) in [6, 6.07) is 6.62. The lowest BCUT2D eigenvalue weighted by molar-refractivity contribution is 0.600. The van der Waals surface area contributed by atoms with E-state index in [-0.39, 0.29) is 10.8 Å². The van der Waals surface area contributed by atoms with Gasteiger partial charge in [0.25, 0.3) is 10.0 Å². The Labute approximate surface area is 105 Å². The Morgan fingerprint density at radius 1 is 1.28 bits per heavy atom. The van der Waals surface area contributed by atoms with Gasteiger partial charge in [0, 0.05) is 14.1 Å². The molecular weight excluding hydrogens is 254 g/mol. The number of rotatable bonds is 4. The Hall–Kier alpha value is -2.09. The predicted molar refractivity (Wildman–Crippen MR) is 67.8 cm³/mol. The van der Waals surface area contributed by atoms with Crippen LogP contribution < -0.4 is 10.0 Å². The number of anilines is 2. The van der Waals surface area contributed by atoms with Crippen molar-refractivity contribution in [2.24, 2.45) is 7.05 Å². The van der Waals surface area contributed by atoms with Crippen molar-refractivity contribution in [2.75, 3.05) is 17.1 Å². The Balaban J connectivity index is 2.40. The summed E-state index contributed by atoms with van der Waals surface area (Å²) in [5.41, 5.74) is 0.521. The quantitative estimate of drug-likeness (QED) is 0.849. The maximum absolute atomic E-state index is 12.2. The van der Waals surface area contributed by atoms with Crippen molar-refractivity contribution in [3.63, 3.8) is 0 Å². The highest BCUT2D eigenvalue weighted by atomic mass is 32.2. The molecule has 0 fully saturated rings. The summed E-state index contributed by atoms with van der Waals surface area (Å²) in [6.07, 6.45) is 1.28. The van der Waals surface area contributed by atoms with Crippen LogP contribution in [0.4, 0.5) is 11.6 Å². The van der Waals surface area contributed by atoms with Gasteiger partial charge in [-0.3, -0.25) is 0 Å². The maximum atomic E-state index is 12.2. The second-order valence-electron chi connectivity index (χ2n) is 3.56. The smallest absolute Gasteiger partial charge is 0.266 e. The summed E-state index contributed by atoms with van der Waals surface area (Å²) in [5.74, 6) is 0.168. The molecule has 0 aliphatic heterocycles. The Kier molecular flexibility index (Phi) is 3.19. The first kappa shape index (κ1) is 12.4. The number of nitrogens with one attached hydrogen (secondary N) is 2. The van der Waals surface area contributed by atoms with Crippen molar-refractivity contribution < 1.29 is 8.42 Å². The van der Waals surface area contributed by atoms with Crippen molar-refractivity contribution in [1.29, 1.82) is 0 Å². The molecule has 0 radical (unpaired) electrons. The minimum Gasteiger partial charge on any atom is -0.387 e.